The molecule has 208 valence electrons. The zero-order valence-electron chi connectivity index (χ0n) is 21.5. The summed E-state index contributed by atoms with van der Waals surface area (Å²) in [6.45, 7) is 1.39. The summed E-state index contributed by atoms with van der Waals surface area (Å²) >= 11 is 0.850. The van der Waals surface area contributed by atoms with Gasteiger partial charge in [0, 0.05) is 18.8 Å². The monoisotopic (exact) mass is 567 g/mol. The highest BCUT2D eigenvalue weighted by atomic mass is 32.2. The Labute approximate surface area is 234 Å². The third-order valence-electron chi connectivity index (χ3n) is 7.04. The fourth-order valence-electron chi connectivity index (χ4n) is 5.00. The van der Waals surface area contributed by atoms with Crippen LogP contribution in [0.3, 0.4) is 0 Å². The second-order valence-electron chi connectivity index (χ2n) is 9.89. The molecule has 0 bridgehead atoms. The number of imide groups is 1. The van der Waals surface area contributed by atoms with Gasteiger partial charge in [0.1, 0.15) is 0 Å². The number of hydrogen-bond acceptors (Lipinski definition) is 7. The van der Waals surface area contributed by atoms with Crippen molar-refractivity contribution in [1.82, 2.24) is 20.6 Å². The van der Waals surface area contributed by atoms with Gasteiger partial charge >= 0.3 is 6.18 Å². The van der Waals surface area contributed by atoms with Crippen LogP contribution in [0, 0.1) is 5.92 Å². The average molecular weight is 568 g/mol. The minimum absolute atomic E-state index is 0.228. The van der Waals surface area contributed by atoms with Gasteiger partial charge in [-0.3, -0.25) is 14.9 Å². The van der Waals surface area contributed by atoms with Crippen molar-refractivity contribution in [3.05, 3.63) is 82.5 Å². The lowest BCUT2D eigenvalue weighted by atomic mass is 9.86. The first kappa shape index (κ1) is 27.9. The maximum atomic E-state index is 13.2. The number of carbonyl (C=O) groups is 2. The van der Waals surface area contributed by atoms with Crippen molar-refractivity contribution >= 4 is 34.9 Å². The lowest BCUT2D eigenvalue weighted by Gasteiger charge is -2.29. The van der Waals surface area contributed by atoms with Crippen molar-refractivity contribution < 1.29 is 22.8 Å². The Bertz CT molecular complexity index is 1420. The molecule has 0 unspecified atom stereocenters. The zero-order valence-corrected chi connectivity index (χ0v) is 22.3. The van der Waals surface area contributed by atoms with E-state index in [9.17, 15) is 22.8 Å². The number of thioether (sulfide) groups is 1. The first-order valence-corrected chi connectivity index (χ1v) is 13.9. The first-order chi connectivity index (χ1) is 19.2. The van der Waals surface area contributed by atoms with Gasteiger partial charge < -0.3 is 10.6 Å². The molecule has 1 saturated heterocycles. The van der Waals surface area contributed by atoms with Crippen molar-refractivity contribution in [3.63, 3.8) is 0 Å². The van der Waals surface area contributed by atoms with Gasteiger partial charge in [-0.05, 0) is 90.9 Å². The Kier molecular flexibility index (Phi) is 8.51. The molecular formula is C29H28F3N5O2S. The van der Waals surface area contributed by atoms with E-state index in [1.807, 2.05) is 24.3 Å². The molecule has 1 aliphatic heterocycles. The smallest absolute Gasteiger partial charge is 0.351 e. The van der Waals surface area contributed by atoms with Crippen LogP contribution in [0.5, 0.6) is 0 Å². The van der Waals surface area contributed by atoms with Crippen LogP contribution in [0.25, 0.3) is 17.2 Å². The number of rotatable bonds is 8. The summed E-state index contributed by atoms with van der Waals surface area (Å²) in [5, 5.41) is 8.72. The van der Waals surface area contributed by atoms with Gasteiger partial charge in [-0.15, -0.1) is 0 Å². The highest BCUT2D eigenvalue weighted by molar-refractivity contribution is 8.18. The molecule has 40 heavy (non-hydrogen) atoms. The van der Waals surface area contributed by atoms with E-state index in [0.29, 0.717) is 34.6 Å². The zero-order chi connectivity index (χ0) is 28.1. The molecule has 7 nitrogen and oxygen atoms in total. The van der Waals surface area contributed by atoms with Gasteiger partial charge in [-0.1, -0.05) is 36.4 Å². The van der Waals surface area contributed by atoms with Crippen LogP contribution in [0.15, 0.2) is 65.7 Å². The van der Waals surface area contributed by atoms with Gasteiger partial charge in [0.15, 0.2) is 0 Å². The molecule has 3 aromatic rings. The highest BCUT2D eigenvalue weighted by Crippen LogP contribution is 2.33. The molecule has 2 fully saturated rings. The van der Waals surface area contributed by atoms with Crippen LogP contribution < -0.4 is 16.0 Å². The molecule has 1 saturated carbocycles. The van der Waals surface area contributed by atoms with Crippen molar-refractivity contribution in [3.8, 4) is 11.1 Å². The summed E-state index contributed by atoms with van der Waals surface area (Å²) in [5.41, 5.74) is 2.21. The predicted octanol–water partition coefficient (Wildman–Crippen LogP) is 6.25. The number of anilines is 1. The molecule has 0 radical (unpaired) electrons. The Balaban J connectivity index is 1.11. The number of aromatic nitrogens is 2. The van der Waals surface area contributed by atoms with Crippen molar-refractivity contribution in [2.24, 2.45) is 5.92 Å². The van der Waals surface area contributed by atoms with Crippen LogP contribution in [-0.4, -0.2) is 33.7 Å². The molecule has 2 aliphatic rings. The van der Waals surface area contributed by atoms with E-state index >= 15 is 0 Å². The molecule has 5 rings (SSSR count). The van der Waals surface area contributed by atoms with Gasteiger partial charge in [-0.2, -0.15) is 13.2 Å². The fraction of sp³-hybridized carbons (Fsp3) is 0.310. The molecule has 2 aromatic carbocycles. The van der Waals surface area contributed by atoms with E-state index in [1.165, 1.54) is 12.1 Å². The third kappa shape index (κ3) is 7.08. The van der Waals surface area contributed by atoms with Crippen molar-refractivity contribution in [2.45, 2.75) is 44.4 Å². The SMILES string of the molecule is O=C1NC(=O)/C(=C/c2ccnc(N[C@H]3CC[C@H](CNCc4ccccc4-c4cccc(C(F)(F)F)c4)CC3)n2)S1. The quantitative estimate of drug-likeness (QED) is 0.277. The van der Waals surface area contributed by atoms with Gasteiger partial charge in [0.2, 0.25) is 5.95 Å². The molecule has 2 amide bonds. The normalized spacial score (nSPS) is 20.5. The Hall–Kier alpha value is -3.70. The summed E-state index contributed by atoms with van der Waals surface area (Å²) in [6, 6.07) is 14.9. The number of nitrogens with zero attached hydrogens (tertiary/aromatic N) is 2. The van der Waals surface area contributed by atoms with E-state index in [-0.39, 0.29) is 6.04 Å². The van der Waals surface area contributed by atoms with Crippen LogP contribution >= 0.6 is 11.8 Å². The summed E-state index contributed by atoms with van der Waals surface area (Å²) in [6.07, 6.45) is 2.76. The largest absolute Gasteiger partial charge is 0.416 e. The fourth-order valence-corrected chi connectivity index (χ4v) is 5.67. The Morgan fingerprint density at radius 1 is 1.02 bits per heavy atom. The topological polar surface area (TPSA) is 96.0 Å². The van der Waals surface area contributed by atoms with Crippen LogP contribution in [0.4, 0.5) is 23.9 Å². The lowest BCUT2D eigenvalue weighted by molar-refractivity contribution is -0.137. The third-order valence-corrected chi connectivity index (χ3v) is 7.86. The minimum atomic E-state index is -4.38. The molecule has 1 aliphatic carbocycles. The van der Waals surface area contributed by atoms with Crippen LogP contribution in [-0.2, 0) is 17.5 Å². The number of hydrogen-bond donors (Lipinski definition) is 3. The first-order valence-electron chi connectivity index (χ1n) is 13.1. The number of amides is 2. The van der Waals surface area contributed by atoms with Crippen LogP contribution in [0.2, 0.25) is 0 Å². The summed E-state index contributed by atoms with van der Waals surface area (Å²) in [5.74, 6) is 0.553. The summed E-state index contributed by atoms with van der Waals surface area (Å²) in [4.78, 5) is 32.2. The van der Waals surface area contributed by atoms with Gasteiger partial charge in [0.25, 0.3) is 11.1 Å². The maximum Gasteiger partial charge on any atom is 0.416 e. The van der Waals surface area contributed by atoms with E-state index in [4.69, 9.17) is 0 Å². The second-order valence-corrected chi connectivity index (χ2v) is 10.9. The predicted molar refractivity (Wildman–Crippen MR) is 149 cm³/mol. The Morgan fingerprint density at radius 2 is 1.82 bits per heavy atom. The van der Waals surface area contributed by atoms with Crippen LogP contribution in [0.1, 0.15) is 42.5 Å². The number of carbonyl (C=O) groups excluding carboxylic acids is 2. The Morgan fingerprint density at radius 3 is 2.58 bits per heavy atom. The summed E-state index contributed by atoms with van der Waals surface area (Å²) < 4.78 is 39.6. The number of halogens is 3. The maximum absolute atomic E-state index is 13.2. The van der Waals surface area contributed by atoms with Crippen molar-refractivity contribution in [2.75, 3.05) is 11.9 Å². The number of benzene rings is 2. The molecule has 0 atom stereocenters. The van der Waals surface area contributed by atoms with E-state index in [0.717, 1.165) is 61.2 Å². The van der Waals surface area contributed by atoms with Crippen molar-refractivity contribution in [1.29, 1.82) is 0 Å². The number of nitrogens with one attached hydrogen (secondary N) is 3. The second kappa shape index (κ2) is 12.2. The minimum Gasteiger partial charge on any atom is -0.351 e. The van der Waals surface area contributed by atoms with Gasteiger partial charge in [0.05, 0.1) is 16.2 Å². The molecular weight excluding hydrogens is 539 g/mol. The highest BCUT2D eigenvalue weighted by Gasteiger charge is 2.30. The lowest BCUT2D eigenvalue weighted by Crippen LogP contribution is -2.31. The molecule has 1 aromatic heterocycles. The molecule has 3 N–H and O–H groups in total. The molecule has 0 spiro atoms. The van der Waals surface area contributed by atoms with Gasteiger partial charge in [-0.25, -0.2) is 9.97 Å². The van der Waals surface area contributed by atoms with E-state index in [1.54, 1.807) is 24.4 Å². The van der Waals surface area contributed by atoms with E-state index < -0.39 is 22.9 Å². The molecule has 2 heterocycles. The molecule has 11 heteroatoms. The number of alkyl halides is 3. The standard InChI is InChI=1S/C29H28F3N5O2S/c30-29(31,32)21-6-3-5-19(14-21)24-7-2-1-4-20(24)17-33-16-18-8-10-22(11-9-18)35-27-34-13-12-23(36-27)15-25-26(38)37-28(39)40-25/h1-7,12-15,18,22,33H,8-11,16-17H2,(H,34,35,36)(H,37,38,39)/b25-15-/t18-,22-. The van der Waals surface area contributed by atoms with E-state index in [2.05, 4.69) is 25.9 Å². The summed E-state index contributed by atoms with van der Waals surface area (Å²) in [7, 11) is 0. The average Bonchev–Trinajstić information content (AvgIpc) is 3.25.